The van der Waals surface area contributed by atoms with Crippen LogP contribution >= 0.6 is 0 Å². The molecule has 0 bridgehead atoms. The van der Waals surface area contributed by atoms with Gasteiger partial charge in [0.05, 0.1) is 12.8 Å². The average Bonchev–Trinajstić information content (AvgIpc) is 3.29. The molecule has 3 amide bonds. The smallest absolute Gasteiger partial charge is 0.289 e. The highest BCUT2D eigenvalue weighted by molar-refractivity contribution is 5.98. The van der Waals surface area contributed by atoms with E-state index in [-0.39, 0.29) is 18.2 Å². The Morgan fingerprint density at radius 2 is 1.60 bits per heavy atom. The third kappa shape index (κ3) is 5.81. The van der Waals surface area contributed by atoms with Crippen LogP contribution in [0.4, 0.5) is 5.69 Å². The van der Waals surface area contributed by atoms with Gasteiger partial charge in [-0.05, 0) is 29.8 Å². The summed E-state index contributed by atoms with van der Waals surface area (Å²) in [6.07, 6.45) is 1.71. The average molecular weight is 405 g/mol. The molecule has 0 saturated heterocycles. The lowest BCUT2D eigenvalue weighted by molar-refractivity contribution is -0.126. The number of carbonyl (C=O) groups is 3. The fourth-order valence-electron chi connectivity index (χ4n) is 2.93. The minimum Gasteiger partial charge on any atom is -0.459 e. The quantitative estimate of drug-likeness (QED) is 0.603. The first-order valence-electron chi connectivity index (χ1n) is 9.51. The van der Waals surface area contributed by atoms with Gasteiger partial charge >= 0.3 is 0 Å². The summed E-state index contributed by atoms with van der Waals surface area (Å²) in [6.45, 7) is -0.205. The summed E-state index contributed by atoms with van der Waals surface area (Å²) in [6, 6.07) is 20.8. The molecule has 1 heterocycles. The van der Waals surface area contributed by atoms with Crippen LogP contribution in [0.3, 0.4) is 0 Å². The molecule has 0 aliphatic rings. The van der Waals surface area contributed by atoms with Crippen LogP contribution in [0.1, 0.15) is 16.1 Å². The number of para-hydroxylation sites is 1. The minimum absolute atomic E-state index is 0.146. The third-order valence-corrected chi connectivity index (χ3v) is 4.44. The van der Waals surface area contributed by atoms with Gasteiger partial charge in [-0.2, -0.15) is 0 Å². The van der Waals surface area contributed by atoms with Gasteiger partial charge < -0.3 is 20.0 Å². The summed E-state index contributed by atoms with van der Waals surface area (Å²) < 4.78 is 5.08. The first-order valence-corrected chi connectivity index (χ1v) is 9.51. The second kappa shape index (κ2) is 10.1. The lowest BCUT2D eigenvalue weighted by atomic mass is 10.0. The number of furan rings is 1. The summed E-state index contributed by atoms with van der Waals surface area (Å²) in [7, 11) is 1.50. The maximum Gasteiger partial charge on any atom is 0.289 e. The Balaban J connectivity index is 1.67. The van der Waals surface area contributed by atoms with Crippen LogP contribution in [-0.4, -0.2) is 42.3 Å². The Bertz CT molecular complexity index is 972. The topological polar surface area (TPSA) is 91.7 Å². The molecule has 0 spiro atoms. The van der Waals surface area contributed by atoms with Crippen molar-refractivity contribution in [1.29, 1.82) is 0 Å². The van der Waals surface area contributed by atoms with Crippen molar-refractivity contribution in [2.45, 2.75) is 12.5 Å². The highest BCUT2D eigenvalue weighted by atomic mass is 16.3. The molecule has 1 unspecified atom stereocenters. The predicted molar refractivity (Wildman–Crippen MR) is 113 cm³/mol. The van der Waals surface area contributed by atoms with Crippen LogP contribution in [0.2, 0.25) is 0 Å². The van der Waals surface area contributed by atoms with Gasteiger partial charge in [-0.15, -0.1) is 0 Å². The molecule has 3 aromatic rings. The fourth-order valence-corrected chi connectivity index (χ4v) is 2.93. The number of carbonyl (C=O) groups excluding carboxylic acids is 3. The maximum absolute atomic E-state index is 12.8. The summed E-state index contributed by atoms with van der Waals surface area (Å²) >= 11 is 0. The largest absolute Gasteiger partial charge is 0.459 e. The Hall–Kier alpha value is -3.87. The molecular formula is C23H23N3O4. The number of benzene rings is 2. The van der Waals surface area contributed by atoms with Crippen molar-refractivity contribution in [3.8, 4) is 0 Å². The second-order valence-electron chi connectivity index (χ2n) is 6.80. The third-order valence-electron chi connectivity index (χ3n) is 4.44. The molecule has 0 fully saturated rings. The lowest BCUT2D eigenvalue weighted by Gasteiger charge is -2.21. The van der Waals surface area contributed by atoms with Crippen LogP contribution in [0.25, 0.3) is 0 Å². The normalized spacial score (nSPS) is 11.4. The molecule has 1 atom stereocenters. The molecule has 0 saturated carbocycles. The first kappa shape index (κ1) is 20.9. The summed E-state index contributed by atoms with van der Waals surface area (Å²) in [5, 5.41) is 5.56. The van der Waals surface area contributed by atoms with E-state index in [2.05, 4.69) is 10.6 Å². The molecule has 0 radical (unpaired) electrons. The van der Waals surface area contributed by atoms with Gasteiger partial charge in [-0.1, -0.05) is 48.5 Å². The second-order valence-corrected chi connectivity index (χ2v) is 6.80. The predicted octanol–water partition coefficient (Wildman–Crippen LogP) is 2.72. The van der Waals surface area contributed by atoms with Crippen LogP contribution in [-0.2, 0) is 16.0 Å². The number of anilines is 1. The highest BCUT2D eigenvalue weighted by Crippen LogP contribution is 2.09. The van der Waals surface area contributed by atoms with Crippen molar-refractivity contribution in [3.05, 3.63) is 90.4 Å². The number of likely N-dealkylation sites (N-methyl/N-ethyl adjacent to an activating group) is 1. The number of hydrogen-bond donors (Lipinski definition) is 2. The molecule has 30 heavy (non-hydrogen) atoms. The van der Waals surface area contributed by atoms with E-state index in [1.807, 2.05) is 48.5 Å². The van der Waals surface area contributed by atoms with Gasteiger partial charge in [-0.25, -0.2) is 0 Å². The molecule has 2 aromatic carbocycles. The van der Waals surface area contributed by atoms with Crippen LogP contribution in [0.5, 0.6) is 0 Å². The number of hydrogen-bond acceptors (Lipinski definition) is 4. The Morgan fingerprint density at radius 3 is 2.23 bits per heavy atom. The first-order chi connectivity index (χ1) is 14.5. The van der Waals surface area contributed by atoms with Crippen molar-refractivity contribution in [3.63, 3.8) is 0 Å². The molecule has 0 aliphatic heterocycles. The number of rotatable bonds is 8. The minimum atomic E-state index is -0.799. The van der Waals surface area contributed by atoms with Gasteiger partial charge in [0.15, 0.2) is 5.76 Å². The van der Waals surface area contributed by atoms with Crippen LogP contribution < -0.4 is 10.6 Å². The maximum atomic E-state index is 12.8. The van der Waals surface area contributed by atoms with Crippen molar-refractivity contribution in [1.82, 2.24) is 10.2 Å². The van der Waals surface area contributed by atoms with Crippen LogP contribution in [0.15, 0.2) is 83.5 Å². The van der Waals surface area contributed by atoms with E-state index < -0.39 is 17.9 Å². The molecule has 154 valence electrons. The van der Waals surface area contributed by atoms with Gasteiger partial charge in [0, 0.05) is 19.2 Å². The zero-order valence-corrected chi connectivity index (χ0v) is 16.6. The number of nitrogens with one attached hydrogen (secondary N) is 2. The number of amides is 3. The fraction of sp³-hybridized carbons (Fsp3) is 0.174. The zero-order chi connectivity index (χ0) is 21.3. The zero-order valence-electron chi connectivity index (χ0n) is 16.6. The SMILES string of the molecule is CN(CC(=O)NC(Cc1ccccc1)C(=O)Nc1ccccc1)C(=O)c1ccco1. The van der Waals surface area contributed by atoms with Gasteiger partial charge in [0.1, 0.15) is 6.04 Å². The molecule has 7 heteroatoms. The monoisotopic (exact) mass is 405 g/mol. The molecule has 3 rings (SSSR count). The van der Waals surface area contributed by atoms with Gasteiger partial charge in [0.2, 0.25) is 11.8 Å². The Kier molecular flexibility index (Phi) is 7.00. The van der Waals surface area contributed by atoms with E-state index in [0.717, 1.165) is 5.56 Å². The van der Waals surface area contributed by atoms with E-state index in [1.54, 1.807) is 18.2 Å². The summed E-state index contributed by atoms with van der Waals surface area (Å²) in [4.78, 5) is 38.9. The van der Waals surface area contributed by atoms with E-state index in [4.69, 9.17) is 4.42 Å². The lowest BCUT2D eigenvalue weighted by Crippen LogP contribution is -2.48. The van der Waals surface area contributed by atoms with Gasteiger partial charge in [-0.3, -0.25) is 14.4 Å². The van der Waals surface area contributed by atoms with Gasteiger partial charge in [0.25, 0.3) is 5.91 Å². The van der Waals surface area contributed by atoms with Crippen molar-refractivity contribution in [2.24, 2.45) is 0 Å². The molecule has 0 aliphatic carbocycles. The number of nitrogens with zero attached hydrogens (tertiary/aromatic N) is 1. The standard InChI is InChI=1S/C23H23N3O4/c1-26(23(29)20-13-8-14-30-20)16-21(27)25-19(15-17-9-4-2-5-10-17)22(28)24-18-11-6-3-7-12-18/h2-14,19H,15-16H2,1H3,(H,24,28)(H,25,27). The Labute approximate surface area is 174 Å². The van der Waals surface area contributed by atoms with E-state index in [1.165, 1.54) is 24.3 Å². The van der Waals surface area contributed by atoms with Crippen LogP contribution in [0, 0.1) is 0 Å². The van der Waals surface area contributed by atoms with Crippen molar-refractivity contribution < 1.29 is 18.8 Å². The van der Waals surface area contributed by atoms with E-state index in [0.29, 0.717) is 12.1 Å². The molecule has 7 nitrogen and oxygen atoms in total. The Morgan fingerprint density at radius 1 is 0.933 bits per heavy atom. The highest BCUT2D eigenvalue weighted by Gasteiger charge is 2.24. The van der Waals surface area contributed by atoms with E-state index in [9.17, 15) is 14.4 Å². The van der Waals surface area contributed by atoms with E-state index >= 15 is 0 Å². The molecule has 2 N–H and O–H groups in total. The molecule has 1 aromatic heterocycles. The van der Waals surface area contributed by atoms with Crippen molar-refractivity contribution in [2.75, 3.05) is 18.9 Å². The molecular weight excluding hydrogens is 382 g/mol. The van der Waals surface area contributed by atoms with Crippen molar-refractivity contribution >= 4 is 23.4 Å². The summed E-state index contributed by atoms with van der Waals surface area (Å²) in [5.41, 5.74) is 1.55. The summed E-state index contributed by atoms with van der Waals surface area (Å²) in [5.74, 6) is -1.04.